The number of hydrogen-bond acceptors (Lipinski definition) is 1. The Morgan fingerprint density at radius 3 is 2.18 bits per heavy atom. The quantitative estimate of drug-likeness (QED) is 0.844. The van der Waals surface area contributed by atoms with Crippen molar-refractivity contribution in [3.05, 3.63) is 70.8 Å². The summed E-state index contributed by atoms with van der Waals surface area (Å²) in [5.41, 5.74) is 1.83. The van der Waals surface area contributed by atoms with Gasteiger partial charge in [-0.2, -0.15) is 0 Å². The second-order valence-electron chi connectivity index (χ2n) is 3.95. The van der Waals surface area contributed by atoms with E-state index in [9.17, 15) is 13.9 Å². The molecular weight excluding hydrogens is 222 g/mol. The van der Waals surface area contributed by atoms with Gasteiger partial charge in [-0.1, -0.05) is 18.2 Å². The van der Waals surface area contributed by atoms with Gasteiger partial charge in [0.05, 0.1) is 0 Å². The molecule has 0 radical (unpaired) electrons. The molecule has 1 N–H and O–H groups in total. The van der Waals surface area contributed by atoms with Crippen LogP contribution < -0.4 is 0 Å². The predicted molar refractivity (Wildman–Crippen MR) is 61.6 cm³/mol. The number of benzene rings is 2. The summed E-state index contributed by atoms with van der Waals surface area (Å²) in [5.74, 6) is -0.760. The molecule has 2 rings (SSSR count). The molecule has 0 aromatic heterocycles. The highest BCUT2D eigenvalue weighted by atomic mass is 19.1. The van der Waals surface area contributed by atoms with Gasteiger partial charge in [0.15, 0.2) is 0 Å². The minimum absolute atomic E-state index is 0.364. The zero-order chi connectivity index (χ0) is 12.4. The number of aryl methyl sites for hydroxylation is 1. The van der Waals surface area contributed by atoms with E-state index in [0.29, 0.717) is 11.1 Å². The van der Waals surface area contributed by atoms with Crippen molar-refractivity contribution in [3.8, 4) is 0 Å². The van der Waals surface area contributed by atoms with Crippen LogP contribution in [0.2, 0.25) is 0 Å². The SMILES string of the molecule is Cc1ccc(F)cc1C(O)c1ccc(F)cc1. The van der Waals surface area contributed by atoms with E-state index < -0.39 is 11.9 Å². The first-order valence-corrected chi connectivity index (χ1v) is 5.27. The molecule has 0 bridgehead atoms. The van der Waals surface area contributed by atoms with Crippen molar-refractivity contribution >= 4 is 0 Å². The van der Waals surface area contributed by atoms with Crippen LogP contribution in [0.25, 0.3) is 0 Å². The van der Waals surface area contributed by atoms with E-state index in [0.717, 1.165) is 5.56 Å². The van der Waals surface area contributed by atoms with E-state index >= 15 is 0 Å². The van der Waals surface area contributed by atoms with Crippen LogP contribution in [0.15, 0.2) is 42.5 Å². The molecule has 0 aliphatic rings. The zero-order valence-corrected chi connectivity index (χ0v) is 9.32. The molecule has 0 saturated heterocycles. The third-order valence-corrected chi connectivity index (χ3v) is 2.72. The highest BCUT2D eigenvalue weighted by Gasteiger charge is 2.13. The molecule has 0 aliphatic heterocycles. The highest BCUT2D eigenvalue weighted by molar-refractivity contribution is 5.35. The number of hydrogen-bond donors (Lipinski definition) is 1. The van der Waals surface area contributed by atoms with Crippen LogP contribution >= 0.6 is 0 Å². The van der Waals surface area contributed by atoms with Crippen molar-refractivity contribution in [2.75, 3.05) is 0 Å². The Labute approximate surface area is 98.3 Å². The average Bonchev–Trinajstić information content (AvgIpc) is 2.32. The van der Waals surface area contributed by atoms with Crippen LogP contribution in [0, 0.1) is 18.6 Å². The molecule has 2 aromatic rings. The Morgan fingerprint density at radius 1 is 0.941 bits per heavy atom. The van der Waals surface area contributed by atoms with Gasteiger partial charge < -0.3 is 5.11 Å². The van der Waals surface area contributed by atoms with Crippen molar-refractivity contribution in [1.82, 2.24) is 0 Å². The Balaban J connectivity index is 2.39. The fraction of sp³-hybridized carbons (Fsp3) is 0.143. The first-order chi connectivity index (χ1) is 8.08. The topological polar surface area (TPSA) is 20.2 Å². The van der Waals surface area contributed by atoms with E-state index in [-0.39, 0.29) is 5.82 Å². The van der Waals surface area contributed by atoms with Gasteiger partial charge in [0.1, 0.15) is 17.7 Å². The van der Waals surface area contributed by atoms with E-state index in [1.54, 1.807) is 13.0 Å². The molecule has 2 aromatic carbocycles. The van der Waals surface area contributed by atoms with Crippen LogP contribution in [0.1, 0.15) is 22.8 Å². The van der Waals surface area contributed by atoms with Crippen LogP contribution in [0.4, 0.5) is 8.78 Å². The van der Waals surface area contributed by atoms with Crippen molar-refractivity contribution in [1.29, 1.82) is 0 Å². The number of halogens is 2. The van der Waals surface area contributed by atoms with Gasteiger partial charge in [-0.25, -0.2) is 8.78 Å². The van der Waals surface area contributed by atoms with E-state index in [1.807, 2.05) is 0 Å². The summed E-state index contributed by atoms with van der Waals surface area (Å²) in [6.45, 7) is 1.79. The van der Waals surface area contributed by atoms with Crippen molar-refractivity contribution < 1.29 is 13.9 Å². The van der Waals surface area contributed by atoms with Gasteiger partial charge in [-0.3, -0.25) is 0 Å². The first-order valence-electron chi connectivity index (χ1n) is 5.27. The van der Waals surface area contributed by atoms with Crippen LogP contribution in [0.5, 0.6) is 0 Å². The lowest BCUT2D eigenvalue weighted by atomic mass is 9.97. The number of rotatable bonds is 2. The van der Waals surface area contributed by atoms with Crippen LogP contribution in [0.3, 0.4) is 0 Å². The Kier molecular flexibility index (Phi) is 3.20. The average molecular weight is 234 g/mol. The second-order valence-corrected chi connectivity index (χ2v) is 3.95. The van der Waals surface area contributed by atoms with E-state index in [1.165, 1.54) is 36.4 Å². The molecule has 0 saturated carbocycles. The van der Waals surface area contributed by atoms with Gasteiger partial charge >= 0.3 is 0 Å². The number of aliphatic hydroxyl groups excluding tert-OH is 1. The normalized spacial score (nSPS) is 12.5. The minimum Gasteiger partial charge on any atom is -0.384 e. The predicted octanol–water partition coefficient (Wildman–Crippen LogP) is 3.35. The molecule has 88 valence electrons. The van der Waals surface area contributed by atoms with Gasteiger partial charge in [0, 0.05) is 0 Å². The lowest BCUT2D eigenvalue weighted by Gasteiger charge is -2.14. The first kappa shape index (κ1) is 11.7. The Bertz CT molecular complexity index is 520. The summed E-state index contributed by atoms with van der Waals surface area (Å²) in [7, 11) is 0. The van der Waals surface area contributed by atoms with Gasteiger partial charge in [0.2, 0.25) is 0 Å². The Hall–Kier alpha value is -1.74. The molecule has 0 heterocycles. The standard InChI is InChI=1S/C14H12F2O/c1-9-2-5-12(16)8-13(9)14(17)10-3-6-11(15)7-4-10/h2-8,14,17H,1H3. The maximum atomic E-state index is 13.1. The molecule has 0 spiro atoms. The maximum Gasteiger partial charge on any atom is 0.123 e. The second kappa shape index (κ2) is 4.63. The van der Waals surface area contributed by atoms with E-state index in [2.05, 4.69) is 0 Å². The summed E-state index contributed by atoms with van der Waals surface area (Å²) in [6, 6.07) is 9.77. The summed E-state index contributed by atoms with van der Waals surface area (Å²) in [5, 5.41) is 10.1. The summed E-state index contributed by atoms with van der Waals surface area (Å²) in [6.07, 6.45) is -0.939. The maximum absolute atomic E-state index is 13.1. The molecule has 3 heteroatoms. The number of aliphatic hydroxyl groups is 1. The lowest BCUT2D eigenvalue weighted by molar-refractivity contribution is 0.219. The summed E-state index contributed by atoms with van der Waals surface area (Å²) < 4.78 is 25.9. The molecule has 0 aliphatic carbocycles. The van der Waals surface area contributed by atoms with Gasteiger partial charge in [0.25, 0.3) is 0 Å². The minimum atomic E-state index is -0.939. The van der Waals surface area contributed by atoms with Gasteiger partial charge in [-0.15, -0.1) is 0 Å². The Morgan fingerprint density at radius 2 is 1.53 bits per heavy atom. The molecule has 17 heavy (non-hydrogen) atoms. The monoisotopic (exact) mass is 234 g/mol. The van der Waals surface area contributed by atoms with Crippen molar-refractivity contribution in [2.45, 2.75) is 13.0 Å². The molecule has 1 unspecified atom stereocenters. The third-order valence-electron chi connectivity index (χ3n) is 2.72. The van der Waals surface area contributed by atoms with Crippen LogP contribution in [-0.2, 0) is 0 Å². The fourth-order valence-corrected chi connectivity index (χ4v) is 1.73. The molecule has 0 amide bonds. The third kappa shape index (κ3) is 2.50. The molecule has 0 fully saturated rings. The highest BCUT2D eigenvalue weighted by Crippen LogP contribution is 2.25. The molecule has 1 nitrogen and oxygen atoms in total. The summed E-state index contributed by atoms with van der Waals surface area (Å²) in [4.78, 5) is 0. The smallest absolute Gasteiger partial charge is 0.123 e. The molecular formula is C14H12F2O. The van der Waals surface area contributed by atoms with Crippen LogP contribution in [-0.4, -0.2) is 5.11 Å². The van der Waals surface area contributed by atoms with Crippen molar-refractivity contribution in [3.63, 3.8) is 0 Å². The van der Waals surface area contributed by atoms with Crippen molar-refractivity contribution in [2.24, 2.45) is 0 Å². The van der Waals surface area contributed by atoms with Gasteiger partial charge in [-0.05, 0) is 47.9 Å². The molecule has 1 atom stereocenters. The fourth-order valence-electron chi connectivity index (χ4n) is 1.73. The zero-order valence-electron chi connectivity index (χ0n) is 9.32. The van der Waals surface area contributed by atoms with E-state index in [4.69, 9.17) is 0 Å². The largest absolute Gasteiger partial charge is 0.384 e. The summed E-state index contributed by atoms with van der Waals surface area (Å²) >= 11 is 0. The lowest BCUT2D eigenvalue weighted by Crippen LogP contribution is -2.02.